The minimum atomic E-state index is -0.794. The molecular weight excluding hydrogens is 436 g/mol. The average Bonchev–Trinajstić information content (AvgIpc) is 3.03. The van der Waals surface area contributed by atoms with Gasteiger partial charge in [-0.2, -0.15) is 5.10 Å². The molecule has 0 aliphatic heterocycles. The van der Waals surface area contributed by atoms with Crippen molar-refractivity contribution in [3.8, 4) is 5.69 Å². The quantitative estimate of drug-likeness (QED) is 0.465. The monoisotopic (exact) mass is 456 g/mol. The molecule has 0 saturated carbocycles. The average molecular weight is 457 g/mol. The summed E-state index contributed by atoms with van der Waals surface area (Å²) in [7, 11) is 0. The molecule has 0 saturated heterocycles. The zero-order chi connectivity index (χ0) is 22.0. The number of amides is 2. The molecule has 1 aromatic carbocycles. The highest BCUT2D eigenvalue weighted by molar-refractivity contribution is 7.14. The first-order valence-electron chi connectivity index (χ1n) is 10.0. The zero-order valence-electron chi connectivity index (χ0n) is 16.9. The van der Waals surface area contributed by atoms with E-state index in [1.807, 2.05) is 6.07 Å². The first-order chi connectivity index (χ1) is 14.9. The van der Waals surface area contributed by atoms with E-state index in [2.05, 4.69) is 16.0 Å². The SMILES string of the molecule is Cc1cc(=O)c(C(=O)NNC(=O)c2cc3c(s2)CCCCC3)nn1-c1ccccc1Cl. The number of nitrogens with one attached hydrogen (secondary N) is 2. The molecule has 9 heteroatoms. The summed E-state index contributed by atoms with van der Waals surface area (Å²) >= 11 is 7.68. The third-order valence-corrected chi connectivity index (χ3v) is 6.72. The van der Waals surface area contributed by atoms with Gasteiger partial charge in [-0.15, -0.1) is 11.3 Å². The van der Waals surface area contributed by atoms with Gasteiger partial charge in [0.15, 0.2) is 5.69 Å². The molecule has 3 aromatic rings. The number of para-hydroxylation sites is 1. The molecule has 2 amide bonds. The predicted molar refractivity (Wildman–Crippen MR) is 120 cm³/mol. The molecule has 1 aliphatic rings. The summed E-state index contributed by atoms with van der Waals surface area (Å²) in [6.45, 7) is 1.70. The third kappa shape index (κ3) is 4.55. The number of halogens is 1. The predicted octanol–water partition coefficient (Wildman–Crippen LogP) is 3.60. The Balaban J connectivity index is 1.51. The Bertz CT molecular complexity index is 1190. The van der Waals surface area contributed by atoms with Gasteiger partial charge < -0.3 is 0 Å². The molecule has 0 radical (unpaired) electrons. The number of hydrogen-bond acceptors (Lipinski definition) is 5. The lowest BCUT2D eigenvalue weighted by Gasteiger charge is -2.12. The van der Waals surface area contributed by atoms with Crippen LogP contribution < -0.4 is 16.3 Å². The van der Waals surface area contributed by atoms with E-state index in [4.69, 9.17) is 11.6 Å². The van der Waals surface area contributed by atoms with Gasteiger partial charge in [0.05, 0.1) is 15.6 Å². The van der Waals surface area contributed by atoms with Gasteiger partial charge in [0.2, 0.25) is 5.43 Å². The van der Waals surface area contributed by atoms with Gasteiger partial charge in [-0.05, 0) is 56.4 Å². The van der Waals surface area contributed by atoms with Gasteiger partial charge in [0.1, 0.15) is 0 Å². The van der Waals surface area contributed by atoms with Crippen molar-refractivity contribution in [1.29, 1.82) is 0 Å². The van der Waals surface area contributed by atoms with Gasteiger partial charge in [-0.1, -0.05) is 30.2 Å². The fourth-order valence-corrected chi connectivity index (χ4v) is 4.95. The van der Waals surface area contributed by atoms with Crippen molar-refractivity contribution in [3.05, 3.63) is 78.3 Å². The highest BCUT2D eigenvalue weighted by atomic mass is 35.5. The summed E-state index contributed by atoms with van der Waals surface area (Å²) in [5, 5.41) is 4.61. The number of thiophene rings is 1. The second-order valence-corrected chi connectivity index (χ2v) is 8.93. The Hall–Kier alpha value is -2.97. The van der Waals surface area contributed by atoms with E-state index in [0.717, 1.165) is 25.7 Å². The first kappa shape index (κ1) is 21.3. The van der Waals surface area contributed by atoms with Gasteiger partial charge in [0.25, 0.3) is 11.8 Å². The van der Waals surface area contributed by atoms with E-state index in [1.54, 1.807) is 31.2 Å². The maximum absolute atomic E-state index is 12.6. The van der Waals surface area contributed by atoms with E-state index >= 15 is 0 Å². The Morgan fingerprint density at radius 3 is 2.61 bits per heavy atom. The van der Waals surface area contributed by atoms with Crippen molar-refractivity contribution in [1.82, 2.24) is 20.6 Å². The number of hydrazine groups is 1. The van der Waals surface area contributed by atoms with Crippen LogP contribution in [0.15, 0.2) is 41.2 Å². The van der Waals surface area contributed by atoms with Gasteiger partial charge >= 0.3 is 0 Å². The summed E-state index contributed by atoms with van der Waals surface area (Å²) in [5.74, 6) is -1.21. The Labute approximate surface area is 188 Å². The lowest BCUT2D eigenvalue weighted by atomic mass is 10.1. The fraction of sp³-hybridized carbons (Fsp3) is 0.273. The normalized spacial score (nSPS) is 13.2. The van der Waals surface area contributed by atoms with Crippen molar-refractivity contribution < 1.29 is 9.59 Å². The van der Waals surface area contributed by atoms with Crippen LogP contribution in [-0.2, 0) is 12.8 Å². The highest BCUT2D eigenvalue weighted by Gasteiger charge is 2.19. The molecule has 0 unspecified atom stereocenters. The molecule has 160 valence electrons. The minimum Gasteiger partial charge on any atom is -0.287 e. The number of rotatable bonds is 3. The Morgan fingerprint density at radius 1 is 1.06 bits per heavy atom. The summed E-state index contributed by atoms with van der Waals surface area (Å²) in [6.07, 6.45) is 5.41. The Morgan fingerprint density at radius 2 is 1.81 bits per heavy atom. The lowest BCUT2D eigenvalue weighted by molar-refractivity contribution is 0.0844. The highest BCUT2D eigenvalue weighted by Crippen LogP contribution is 2.28. The molecule has 4 rings (SSSR count). The van der Waals surface area contributed by atoms with Crippen LogP contribution >= 0.6 is 22.9 Å². The van der Waals surface area contributed by atoms with Crippen molar-refractivity contribution in [2.45, 2.75) is 39.0 Å². The molecule has 31 heavy (non-hydrogen) atoms. The number of carbonyl (C=O) groups is 2. The van der Waals surface area contributed by atoms with Crippen LogP contribution in [0, 0.1) is 6.92 Å². The molecule has 0 spiro atoms. The second-order valence-electron chi connectivity index (χ2n) is 7.39. The molecule has 1 aliphatic carbocycles. The van der Waals surface area contributed by atoms with Crippen molar-refractivity contribution in [2.75, 3.05) is 0 Å². The maximum Gasteiger partial charge on any atom is 0.294 e. The topological polar surface area (TPSA) is 93.1 Å². The Kier molecular flexibility index (Phi) is 6.20. The number of benzene rings is 1. The number of aryl methyl sites for hydroxylation is 3. The summed E-state index contributed by atoms with van der Waals surface area (Å²) in [6, 6.07) is 10.2. The first-order valence-corrected chi connectivity index (χ1v) is 11.2. The van der Waals surface area contributed by atoms with Crippen LogP contribution in [0.5, 0.6) is 0 Å². The van der Waals surface area contributed by atoms with Crippen LogP contribution in [-0.4, -0.2) is 21.6 Å². The summed E-state index contributed by atoms with van der Waals surface area (Å²) in [4.78, 5) is 39.2. The lowest BCUT2D eigenvalue weighted by Crippen LogP contribution is -2.43. The second kappa shape index (κ2) is 9.03. The standard InChI is InChI=1S/C22H21ClN4O3S/c1-13-11-17(28)20(26-27(13)16-9-6-5-8-15(16)23)22(30)25-24-21(29)19-12-14-7-3-2-4-10-18(14)31-19/h5-6,8-9,11-12H,2-4,7,10H2,1H3,(H,24,29)(H,25,30). The number of aromatic nitrogens is 2. The van der Waals surface area contributed by atoms with Crippen LogP contribution in [0.1, 0.15) is 55.6 Å². The van der Waals surface area contributed by atoms with Crippen molar-refractivity contribution >= 4 is 34.8 Å². The van der Waals surface area contributed by atoms with E-state index in [1.165, 1.54) is 38.9 Å². The van der Waals surface area contributed by atoms with E-state index in [-0.39, 0.29) is 5.69 Å². The number of hydrogen-bond donors (Lipinski definition) is 2. The van der Waals surface area contributed by atoms with Crippen LogP contribution in [0.3, 0.4) is 0 Å². The summed E-state index contributed by atoms with van der Waals surface area (Å²) < 4.78 is 1.43. The van der Waals surface area contributed by atoms with Crippen LogP contribution in [0.25, 0.3) is 5.69 Å². The zero-order valence-corrected chi connectivity index (χ0v) is 18.5. The fourth-order valence-electron chi connectivity index (χ4n) is 3.59. The third-order valence-electron chi connectivity index (χ3n) is 5.16. The molecule has 0 bridgehead atoms. The van der Waals surface area contributed by atoms with Crippen molar-refractivity contribution in [3.63, 3.8) is 0 Å². The van der Waals surface area contributed by atoms with Crippen LogP contribution in [0.4, 0.5) is 0 Å². The molecule has 0 fully saturated rings. The number of carbonyl (C=O) groups excluding carboxylic acids is 2. The largest absolute Gasteiger partial charge is 0.294 e. The molecule has 0 atom stereocenters. The molecule has 2 N–H and O–H groups in total. The smallest absolute Gasteiger partial charge is 0.287 e. The minimum absolute atomic E-state index is 0.340. The van der Waals surface area contributed by atoms with E-state index in [9.17, 15) is 14.4 Å². The number of fused-ring (bicyclic) bond motifs is 1. The summed E-state index contributed by atoms with van der Waals surface area (Å²) in [5.41, 5.74) is 6.09. The molecule has 2 aromatic heterocycles. The molecule has 7 nitrogen and oxygen atoms in total. The van der Waals surface area contributed by atoms with Gasteiger partial charge in [-0.3, -0.25) is 25.2 Å². The van der Waals surface area contributed by atoms with Crippen LogP contribution in [0.2, 0.25) is 5.02 Å². The molecular formula is C22H21ClN4O3S. The van der Waals surface area contributed by atoms with Crippen molar-refractivity contribution in [2.24, 2.45) is 0 Å². The van der Waals surface area contributed by atoms with Gasteiger partial charge in [-0.25, -0.2) is 4.68 Å². The number of nitrogens with zero attached hydrogens (tertiary/aromatic N) is 2. The maximum atomic E-state index is 12.6. The molecule has 2 heterocycles. The van der Waals surface area contributed by atoms with Gasteiger partial charge in [0, 0.05) is 16.6 Å². The van der Waals surface area contributed by atoms with E-state index < -0.39 is 17.2 Å². The van der Waals surface area contributed by atoms with E-state index in [0.29, 0.717) is 21.3 Å².